The number of aromatic nitrogens is 1. The molecule has 0 unspecified atom stereocenters. The molecule has 0 radical (unpaired) electrons. The summed E-state index contributed by atoms with van der Waals surface area (Å²) in [5.41, 5.74) is 3.80. The minimum atomic E-state index is 0.905. The summed E-state index contributed by atoms with van der Waals surface area (Å²) in [7, 11) is 1.97. The van der Waals surface area contributed by atoms with Crippen LogP contribution in [0.5, 0.6) is 0 Å². The second-order valence-electron chi connectivity index (χ2n) is 3.45. The third kappa shape index (κ3) is 1.57. The van der Waals surface area contributed by atoms with Crippen molar-refractivity contribution in [1.29, 1.82) is 0 Å². The average molecular weight is 253 g/mol. The summed E-state index contributed by atoms with van der Waals surface area (Å²) in [5, 5.41) is 4.48. The molecular formula is C11H13BrN2. The van der Waals surface area contributed by atoms with Gasteiger partial charge in [0.05, 0.1) is 0 Å². The molecule has 2 aromatic rings. The van der Waals surface area contributed by atoms with Crippen LogP contribution in [0.15, 0.2) is 22.7 Å². The molecule has 2 rings (SSSR count). The molecule has 0 bridgehead atoms. The SMILES string of the molecule is CNCc1c(C)[nH]c2ccc(Br)cc12. The van der Waals surface area contributed by atoms with Crippen molar-refractivity contribution in [2.24, 2.45) is 0 Å². The summed E-state index contributed by atoms with van der Waals surface area (Å²) >= 11 is 3.49. The largest absolute Gasteiger partial charge is 0.358 e. The second-order valence-corrected chi connectivity index (χ2v) is 4.36. The number of benzene rings is 1. The van der Waals surface area contributed by atoms with Crippen molar-refractivity contribution in [2.75, 3.05) is 7.05 Å². The van der Waals surface area contributed by atoms with Crippen LogP contribution in [-0.4, -0.2) is 12.0 Å². The number of aryl methyl sites for hydroxylation is 1. The number of hydrogen-bond acceptors (Lipinski definition) is 1. The number of halogens is 1. The first-order valence-electron chi connectivity index (χ1n) is 4.63. The second kappa shape index (κ2) is 3.75. The molecule has 3 heteroatoms. The van der Waals surface area contributed by atoms with Gasteiger partial charge in [-0.05, 0) is 37.7 Å². The molecule has 2 N–H and O–H groups in total. The molecule has 0 aliphatic heterocycles. The molecular weight excluding hydrogens is 240 g/mol. The van der Waals surface area contributed by atoms with E-state index in [1.54, 1.807) is 0 Å². The molecule has 1 aromatic heterocycles. The van der Waals surface area contributed by atoms with Crippen LogP contribution in [0.4, 0.5) is 0 Å². The molecule has 0 aliphatic carbocycles. The Balaban J connectivity index is 2.66. The van der Waals surface area contributed by atoms with Crippen molar-refractivity contribution in [3.63, 3.8) is 0 Å². The maximum atomic E-state index is 3.49. The van der Waals surface area contributed by atoms with Crippen molar-refractivity contribution < 1.29 is 0 Å². The van der Waals surface area contributed by atoms with Gasteiger partial charge in [0.15, 0.2) is 0 Å². The fourth-order valence-corrected chi connectivity index (χ4v) is 2.12. The number of rotatable bonds is 2. The molecule has 0 atom stereocenters. The lowest BCUT2D eigenvalue weighted by atomic mass is 10.1. The Hall–Kier alpha value is -0.800. The van der Waals surface area contributed by atoms with Crippen LogP contribution in [0.25, 0.3) is 10.9 Å². The number of aromatic amines is 1. The maximum Gasteiger partial charge on any atom is 0.0460 e. The van der Waals surface area contributed by atoms with Crippen LogP contribution < -0.4 is 5.32 Å². The van der Waals surface area contributed by atoms with Crippen molar-refractivity contribution in [3.8, 4) is 0 Å². The fourth-order valence-electron chi connectivity index (χ4n) is 1.76. The van der Waals surface area contributed by atoms with Crippen molar-refractivity contribution >= 4 is 26.8 Å². The third-order valence-corrected chi connectivity index (χ3v) is 2.93. The molecule has 2 nitrogen and oxygen atoms in total. The maximum absolute atomic E-state index is 3.49. The van der Waals surface area contributed by atoms with Crippen LogP contribution in [0.2, 0.25) is 0 Å². The van der Waals surface area contributed by atoms with E-state index < -0.39 is 0 Å². The number of hydrogen-bond donors (Lipinski definition) is 2. The first-order valence-corrected chi connectivity index (χ1v) is 5.43. The number of nitrogens with one attached hydrogen (secondary N) is 2. The summed E-state index contributed by atoms with van der Waals surface area (Å²) in [5.74, 6) is 0. The van der Waals surface area contributed by atoms with E-state index in [0.717, 1.165) is 11.0 Å². The normalized spacial score (nSPS) is 11.1. The highest BCUT2D eigenvalue weighted by Gasteiger charge is 2.07. The summed E-state index contributed by atoms with van der Waals surface area (Å²) < 4.78 is 1.13. The topological polar surface area (TPSA) is 27.8 Å². The van der Waals surface area contributed by atoms with Gasteiger partial charge in [-0.2, -0.15) is 0 Å². The Morgan fingerprint density at radius 1 is 1.43 bits per heavy atom. The van der Waals surface area contributed by atoms with E-state index in [2.05, 4.69) is 51.4 Å². The van der Waals surface area contributed by atoms with E-state index in [1.807, 2.05) is 7.05 Å². The van der Waals surface area contributed by atoms with Gasteiger partial charge in [0.1, 0.15) is 0 Å². The van der Waals surface area contributed by atoms with Gasteiger partial charge >= 0.3 is 0 Å². The van der Waals surface area contributed by atoms with Gasteiger partial charge in [0.2, 0.25) is 0 Å². The quantitative estimate of drug-likeness (QED) is 0.846. The van der Waals surface area contributed by atoms with Crippen molar-refractivity contribution in [2.45, 2.75) is 13.5 Å². The Bertz CT molecular complexity index is 460. The number of fused-ring (bicyclic) bond motifs is 1. The van der Waals surface area contributed by atoms with E-state index in [-0.39, 0.29) is 0 Å². The lowest BCUT2D eigenvalue weighted by Gasteiger charge is -1.99. The minimum Gasteiger partial charge on any atom is -0.358 e. The summed E-state index contributed by atoms with van der Waals surface area (Å²) in [4.78, 5) is 3.38. The molecule has 14 heavy (non-hydrogen) atoms. The predicted molar refractivity (Wildman–Crippen MR) is 63.5 cm³/mol. The third-order valence-electron chi connectivity index (χ3n) is 2.44. The zero-order chi connectivity index (χ0) is 10.1. The standard InChI is InChI=1S/C11H13BrN2/c1-7-10(6-13-2)9-5-8(12)3-4-11(9)14-7/h3-5,13-14H,6H2,1-2H3. The first-order chi connectivity index (χ1) is 6.72. The van der Waals surface area contributed by atoms with Gasteiger partial charge in [-0.25, -0.2) is 0 Å². The molecule has 0 amide bonds. The highest BCUT2D eigenvalue weighted by atomic mass is 79.9. The zero-order valence-electron chi connectivity index (χ0n) is 8.32. The van der Waals surface area contributed by atoms with E-state index in [9.17, 15) is 0 Å². The average Bonchev–Trinajstić information content (AvgIpc) is 2.45. The summed E-state index contributed by atoms with van der Waals surface area (Å²) in [6.07, 6.45) is 0. The summed E-state index contributed by atoms with van der Waals surface area (Å²) in [6, 6.07) is 6.32. The molecule has 0 saturated heterocycles. The number of H-pyrrole nitrogens is 1. The van der Waals surface area contributed by atoms with Gasteiger partial charge < -0.3 is 10.3 Å². The van der Waals surface area contributed by atoms with Gasteiger partial charge in [0, 0.05) is 27.6 Å². The fraction of sp³-hybridized carbons (Fsp3) is 0.273. The lowest BCUT2D eigenvalue weighted by Crippen LogP contribution is -2.05. The van der Waals surface area contributed by atoms with Crippen molar-refractivity contribution in [3.05, 3.63) is 33.9 Å². The van der Waals surface area contributed by atoms with Gasteiger partial charge in [0.25, 0.3) is 0 Å². The molecule has 0 aliphatic rings. The highest BCUT2D eigenvalue weighted by Crippen LogP contribution is 2.25. The van der Waals surface area contributed by atoms with E-state index in [0.29, 0.717) is 0 Å². The van der Waals surface area contributed by atoms with Crippen LogP contribution in [0.1, 0.15) is 11.3 Å². The Kier molecular flexibility index (Phi) is 2.61. The monoisotopic (exact) mass is 252 g/mol. The van der Waals surface area contributed by atoms with Crippen molar-refractivity contribution in [1.82, 2.24) is 10.3 Å². The van der Waals surface area contributed by atoms with Gasteiger partial charge in [-0.1, -0.05) is 15.9 Å². The molecule has 74 valence electrons. The molecule has 1 heterocycles. The van der Waals surface area contributed by atoms with Crippen LogP contribution >= 0.6 is 15.9 Å². The zero-order valence-corrected chi connectivity index (χ0v) is 9.90. The molecule has 0 fully saturated rings. The van der Waals surface area contributed by atoms with Crippen LogP contribution in [0, 0.1) is 6.92 Å². The van der Waals surface area contributed by atoms with Crippen LogP contribution in [0.3, 0.4) is 0 Å². The Morgan fingerprint density at radius 2 is 2.21 bits per heavy atom. The van der Waals surface area contributed by atoms with E-state index in [4.69, 9.17) is 0 Å². The smallest absolute Gasteiger partial charge is 0.0460 e. The van der Waals surface area contributed by atoms with Gasteiger partial charge in [-0.15, -0.1) is 0 Å². The Morgan fingerprint density at radius 3 is 2.93 bits per heavy atom. The molecule has 1 aromatic carbocycles. The molecule has 0 spiro atoms. The Labute approximate surface area is 91.8 Å². The minimum absolute atomic E-state index is 0.905. The lowest BCUT2D eigenvalue weighted by molar-refractivity contribution is 0.817. The van der Waals surface area contributed by atoms with E-state index in [1.165, 1.54) is 22.2 Å². The van der Waals surface area contributed by atoms with Crippen LogP contribution in [-0.2, 0) is 6.54 Å². The van der Waals surface area contributed by atoms with E-state index >= 15 is 0 Å². The predicted octanol–water partition coefficient (Wildman–Crippen LogP) is 2.96. The summed E-state index contributed by atoms with van der Waals surface area (Å²) in [6.45, 7) is 3.02. The highest BCUT2D eigenvalue weighted by molar-refractivity contribution is 9.10. The van der Waals surface area contributed by atoms with Gasteiger partial charge in [-0.3, -0.25) is 0 Å². The molecule has 0 saturated carbocycles. The first kappa shape index (κ1) is 9.74.